The van der Waals surface area contributed by atoms with E-state index >= 15 is 0 Å². The van der Waals surface area contributed by atoms with Crippen LogP contribution in [0.25, 0.3) is 0 Å². The van der Waals surface area contributed by atoms with Crippen LogP contribution in [0.4, 0.5) is 0 Å². The van der Waals surface area contributed by atoms with Gasteiger partial charge in [-0.15, -0.1) is 12.8 Å². The van der Waals surface area contributed by atoms with Gasteiger partial charge in [0.2, 0.25) is 11.8 Å². The Balaban J connectivity index is 5.87. The molecule has 0 atom stereocenters. The van der Waals surface area contributed by atoms with E-state index in [9.17, 15) is 9.59 Å². The molecule has 0 spiro atoms. The van der Waals surface area contributed by atoms with Gasteiger partial charge in [-0.05, 0) is 48.3 Å². The van der Waals surface area contributed by atoms with Gasteiger partial charge in [-0.25, -0.2) is 0 Å². The molecule has 0 saturated carbocycles. The Kier molecular flexibility index (Phi) is 21.6. The first-order valence-corrected chi connectivity index (χ1v) is 16.8. The van der Waals surface area contributed by atoms with Gasteiger partial charge in [0, 0.05) is 0 Å². The van der Waals surface area contributed by atoms with Crippen molar-refractivity contribution in [1.29, 1.82) is 0 Å². The van der Waals surface area contributed by atoms with Crippen molar-refractivity contribution in [2.24, 2.45) is 40.9 Å². The third-order valence-electron chi connectivity index (χ3n) is 8.61. The maximum absolute atomic E-state index is 13.7. The summed E-state index contributed by atoms with van der Waals surface area (Å²) in [5, 5.41) is 5.76. The molecular weight excluding hydrogens is 504 g/mol. The molecule has 236 valence electrons. The lowest BCUT2D eigenvalue weighted by molar-refractivity contribution is -0.144. The van der Waals surface area contributed by atoms with E-state index in [0.717, 1.165) is 25.7 Å². The summed E-state index contributed by atoms with van der Waals surface area (Å²) in [7, 11) is 0. The minimum Gasteiger partial charge on any atom is -0.344 e. The summed E-state index contributed by atoms with van der Waals surface area (Å²) >= 11 is 0. The molecule has 0 saturated heterocycles. The number of carbonyl (C=O) groups excluding carboxylic acids is 2. The standard InChI is InChI=1S/C37H66N2O2/c1-11-27-38-35(40)37(36(41)39-28-12-2,25-13-15-33(21-17-29(3)4)22-18-30(5)6)26-14-16-34(23-19-31(7)8)24-20-32(9)10/h1-2,29-34H,13-28H2,3-10H3,(H,38,40)(H,39,41). The summed E-state index contributed by atoms with van der Waals surface area (Å²) in [6.07, 6.45) is 25.5. The Bertz CT molecular complexity index is 694. The minimum atomic E-state index is -1.14. The lowest BCUT2D eigenvalue weighted by Crippen LogP contribution is -2.52. The molecule has 0 bridgehead atoms. The molecule has 0 unspecified atom stereocenters. The van der Waals surface area contributed by atoms with E-state index in [1.54, 1.807) is 0 Å². The first kappa shape index (κ1) is 39.1. The molecule has 4 heteroatoms. The Hall–Kier alpha value is -1.94. The Morgan fingerprint density at radius 3 is 1.07 bits per heavy atom. The monoisotopic (exact) mass is 571 g/mol. The zero-order chi connectivity index (χ0) is 31.3. The maximum Gasteiger partial charge on any atom is 0.236 e. The van der Waals surface area contributed by atoms with Crippen LogP contribution in [0.2, 0.25) is 0 Å². The van der Waals surface area contributed by atoms with Crippen LogP contribution in [0.1, 0.15) is 145 Å². The molecule has 0 aromatic heterocycles. The molecule has 0 rings (SSSR count). The average Bonchev–Trinajstić information content (AvgIpc) is 2.91. The third kappa shape index (κ3) is 18.3. The van der Waals surface area contributed by atoms with Crippen molar-refractivity contribution >= 4 is 11.8 Å². The highest BCUT2D eigenvalue weighted by atomic mass is 16.2. The third-order valence-corrected chi connectivity index (χ3v) is 8.61. The van der Waals surface area contributed by atoms with Gasteiger partial charge in [0.05, 0.1) is 13.1 Å². The van der Waals surface area contributed by atoms with Gasteiger partial charge in [0.1, 0.15) is 5.41 Å². The highest BCUT2D eigenvalue weighted by Crippen LogP contribution is 2.36. The van der Waals surface area contributed by atoms with Crippen LogP contribution in [0.15, 0.2) is 0 Å². The Morgan fingerprint density at radius 1 is 0.537 bits per heavy atom. The molecular formula is C37H66N2O2. The van der Waals surface area contributed by atoms with Crippen molar-refractivity contribution in [1.82, 2.24) is 10.6 Å². The van der Waals surface area contributed by atoms with E-state index in [-0.39, 0.29) is 24.9 Å². The van der Waals surface area contributed by atoms with Gasteiger partial charge >= 0.3 is 0 Å². The summed E-state index contributed by atoms with van der Waals surface area (Å²) in [6.45, 7) is 18.5. The minimum absolute atomic E-state index is 0.125. The fraction of sp³-hybridized carbons (Fsp3) is 0.838. The van der Waals surface area contributed by atoms with Gasteiger partial charge in [-0.2, -0.15) is 0 Å². The van der Waals surface area contributed by atoms with Crippen molar-refractivity contribution in [3.63, 3.8) is 0 Å². The van der Waals surface area contributed by atoms with Gasteiger partial charge in [0.15, 0.2) is 0 Å². The average molecular weight is 571 g/mol. The second-order valence-electron chi connectivity index (χ2n) is 14.3. The molecule has 0 aromatic rings. The second kappa shape index (κ2) is 22.6. The predicted molar refractivity (Wildman–Crippen MR) is 177 cm³/mol. The SMILES string of the molecule is C#CCNC(=O)C(CCCC(CCC(C)C)CCC(C)C)(CCCC(CCC(C)C)CCC(C)C)C(=O)NCC#C. The maximum atomic E-state index is 13.7. The zero-order valence-corrected chi connectivity index (χ0v) is 28.2. The lowest BCUT2D eigenvalue weighted by Gasteiger charge is -2.32. The molecule has 4 nitrogen and oxygen atoms in total. The first-order chi connectivity index (χ1) is 19.4. The molecule has 2 amide bonds. The Morgan fingerprint density at radius 2 is 0.829 bits per heavy atom. The summed E-state index contributed by atoms with van der Waals surface area (Å²) in [5.41, 5.74) is -1.14. The van der Waals surface area contributed by atoms with Crippen LogP contribution in [-0.2, 0) is 9.59 Å². The molecule has 41 heavy (non-hydrogen) atoms. The number of nitrogens with one attached hydrogen (secondary N) is 2. The number of terminal acetylenes is 2. The largest absolute Gasteiger partial charge is 0.344 e. The summed E-state index contributed by atoms with van der Waals surface area (Å²) in [6, 6.07) is 0. The number of rotatable bonds is 24. The summed E-state index contributed by atoms with van der Waals surface area (Å²) in [4.78, 5) is 27.4. The van der Waals surface area contributed by atoms with Gasteiger partial charge in [0.25, 0.3) is 0 Å². The second-order valence-corrected chi connectivity index (χ2v) is 14.3. The molecule has 0 aliphatic heterocycles. The van der Waals surface area contributed by atoms with Gasteiger partial charge < -0.3 is 10.6 Å². The van der Waals surface area contributed by atoms with E-state index in [0.29, 0.717) is 48.3 Å². The van der Waals surface area contributed by atoms with Crippen molar-refractivity contribution in [2.75, 3.05) is 13.1 Å². The molecule has 0 fully saturated rings. The fourth-order valence-corrected chi connectivity index (χ4v) is 5.81. The van der Waals surface area contributed by atoms with Crippen molar-refractivity contribution < 1.29 is 9.59 Å². The molecule has 0 heterocycles. The van der Waals surface area contributed by atoms with E-state index in [1.807, 2.05) is 0 Å². The highest BCUT2D eigenvalue weighted by molar-refractivity contribution is 6.05. The van der Waals surface area contributed by atoms with Crippen LogP contribution in [-0.4, -0.2) is 24.9 Å². The van der Waals surface area contributed by atoms with Crippen molar-refractivity contribution in [3.8, 4) is 24.7 Å². The number of amides is 2. The zero-order valence-electron chi connectivity index (χ0n) is 28.2. The topological polar surface area (TPSA) is 58.2 Å². The Labute approximate surface area is 255 Å². The molecule has 0 radical (unpaired) electrons. The normalized spacial score (nSPS) is 12.0. The van der Waals surface area contributed by atoms with Crippen LogP contribution in [0.5, 0.6) is 0 Å². The highest BCUT2D eigenvalue weighted by Gasteiger charge is 2.44. The van der Waals surface area contributed by atoms with E-state index < -0.39 is 5.41 Å². The lowest BCUT2D eigenvalue weighted by atomic mass is 9.74. The number of carbonyl (C=O) groups is 2. The summed E-state index contributed by atoms with van der Waals surface area (Å²) in [5.74, 6) is 8.50. The smallest absolute Gasteiger partial charge is 0.236 e. The van der Waals surface area contributed by atoms with Crippen LogP contribution in [0, 0.1) is 65.6 Å². The molecule has 0 aliphatic carbocycles. The molecule has 0 aliphatic rings. The first-order valence-electron chi connectivity index (χ1n) is 16.8. The van der Waals surface area contributed by atoms with Crippen molar-refractivity contribution in [2.45, 2.75) is 145 Å². The van der Waals surface area contributed by atoms with Crippen molar-refractivity contribution in [3.05, 3.63) is 0 Å². The van der Waals surface area contributed by atoms with E-state index in [2.05, 4.69) is 77.9 Å². The van der Waals surface area contributed by atoms with Gasteiger partial charge in [-0.1, -0.05) is 144 Å². The molecule has 0 aromatic carbocycles. The van der Waals surface area contributed by atoms with Crippen LogP contribution in [0.3, 0.4) is 0 Å². The van der Waals surface area contributed by atoms with Crippen LogP contribution < -0.4 is 10.6 Å². The summed E-state index contributed by atoms with van der Waals surface area (Å²) < 4.78 is 0. The molecule has 2 N–H and O–H groups in total. The predicted octanol–water partition coefficient (Wildman–Crippen LogP) is 8.79. The van der Waals surface area contributed by atoms with E-state index in [4.69, 9.17) is 12.8 Å². The number of hydrogen-bond donors (Lipinski definition) is 2. The number of hydrogen-bond acceptors (Lipinski definition) is 2. The van der Waals surface area contributed by atoms with E-state index in [1.165, 1.54) is 51.4 Å². The van der Waals surface area contributed by atoms with Crippen LogP contribution >= 0.6 is 0 Å². The quantitative estimate of drug-likeness (QED) is 0.0900. The fourth-order valence-electron chi connectivity index (χ4n) is 5.81. The van der Waals surface area contributed by atoms with Gasteiger partial charge in [-0.3, -0.25) is 9.59 Å².